The van der Waals surface area contributed by atoms with Gasteiger partial charge in [0.15, 0.2) is 0 Å². The van der Waals surface area contributed by atoms with Gasteiger partial charge in [0.25, 0.3) is 0 Å². The summed E-state index contributed by atoms with van der Waals surface area (Å²) >= 11 is 1.95. The van der Waals surface area contributed by atoms with E-state index < -0.39 is 6.10 Å². The lowest BCUT2D eigenvalue weighted by molar-refractivity contribution is 0.197. The first kappa shape index (κ1) is 12.8. The van der Waals surface area contributed by atoms with E-state index in [0.29, 0.717) is 6.04 Å². The van der Waals surface area contributed by atoms with Crippen molar-refractivity contribution < 1.29 is 5.11 Å². The van der Waals surface area contributed by atoms with Crippen molar-refractivity contribution in [3.05, 3.63) is 23.3 Å². The highest BCUT2D eigenvalue weighted by molar-refractivity contribution is 7.99. The van der Waals surface area contributed by atoms with Crippen molar-refractivity contribution in [2.75, 3.05) is 25.1 Å². The Labute approximate surface area is 106 Å². The summed E-state index contributed by atoms with van der Waals surface area (Å²) in [6, 6.07) is 0.301. The van der Waals surface area contributed by atoms with Crippen molar-refractivity contribution in [1.82, 2.24) is 14.9 Å². The van der Waals surface area contributed by atoms with Crippen LogP contribution in [0.2, 0.25) is 0 Å². The standard InChI is InChI=1S/C12H19N3OS/c1-8-10(9(2)16)6-13-12(14-8)11-7-17-5-4-15(11)3/h6,9,11,16H,4-5,7H2,1-3H3/t9-,11?/m0/s1. The lowest BCUT2D eigenvalue weighted by Crippen LogP contribution is -2.34. The van der Waals surface area contributed by atoms with Crippen LogP contribution in [0.3, 0.4) is 0 Å². The minimum Gasteiger partial charge on any atom is -0.389 e. The molecular weight excluding hydrogens is 234 g/mol. The molecule has 0 saturated carbocycles. The molecule has 1 aliphatic heterocycles. The van der Waals surface area contributed by atoms with E-state index >= 15 is 0 Å². The van der Waals surface area contributed by atoms with E-state index in [1.54, 1.807) is 13.1 Å². The van der Waals surface area contributed by atoms with Gasteiger partial charge in [0.05, 0.1) is 12.1 Å². The van der Waals surface area contributed by atoms with Crippen LogP contribution in [0.25, 0.3) is 0 Å². The Kier molecular flexibility index (Phi) is 4.01. The molecule has 2 atom stereocenters. The zero-order valence-corrected chi connectivity index (χ0v) is 11.4. The molecule has 0 radical (unpaired) electrons. The summed E-state index contributed by atoms with van der Waals surface area (Å²) in [5.74, 6) is 3.10. The molecule has 1 fully saturated rings. The van der Waals surface area contributed by atoms with E-state index in [4.69, 9.17) is 0 Å². The van der Waals surface area contributed by atoms with Gasteiger partial charge in [-0.2, -0.15) is 11.8 Å². The Bertz CT molecular complexity index is 397. The number of nitrogens with zero attached hydrogens (tertiary/aromatic N) is 3. The van der Waals surface area contributed by atoms with E-state index in [2.05, 4.69) is 21.9 Å². The fourth-order valence-electron chi connectivity index (χ4n) is 2.02. The first-order valence-corrected chi connectivity index (χ1v) is 7.04. The number of aromatic nitrogens is 2. The van der Waals surface area contributed by atoms with Crippen molar-refractivity contribution >= 4 is 11.8 Å². The summed E-state index contributed by atoms with van der Waals surface area (Å²) in [5.41, 5.74) is 1.70. The van der Waals surface area contributed by atoms with Crippen LogP contribution in [-0.4, -0.2) is 45.1 Å². The molecule has 2 rings (SSSR count). The molecule has 0 aromatic carbocycles. The lowest BCUT2D eigenvalue weighted by Gasteiger charge is -2.31. The van der Waals surface area contributed by atoms with Crippen molar-refractivity contribution in [1.29, 1.82) is 0 Å². The summed E-state index contributed by atoms with van der Waals surface area (Å²) in [5, 5.41) is 9.56. The van der Waals surface area contributed by atoms with Gasteiger partial charge >= 0.3 is 0 Å². The van der Waals surface area contributed by atoms with Gasteiger partial charge in [-0.25, -0.2) is 9.97 Å². The van der Waals surface area contributed by atoms with Crippen LogP contribution in [0, 0.1) is 6.92 Å². The average Bonchev–Trinajstić information content (AvgIpc) is 2.29. The van der Waals surface area contributed by atoms with Gasteiger partial charge in [0, 0.05) is 35.5 Å². The molecule has 1 saturated heterocycles. The highest BCUT2D eigenvalue weighted by atomic mass is 32.2. The summed E-state index contributed by atoms with van der Waals surface area (Å²) in [4.78, 5) is 11.3. The van der Waals surface area contributed by atoms with Crippen LogP contribution >= 0.6 is 11.8 Å². The maximum absolute atomic E-state index is 9.56. The fourth-order valence-corrected chi connectivity index (χ4v) is 3.23. The smallest absolute Gasteiger partial charge is 0.146 e. The van der Waals surface area contributed by atoms with Crippen molar-refractivity contribution in [3.8, 4) is 0 Å². The molecule has 0 aliphatic carbocycles. The first-order valence-electron chi connectivity index (χ1n) is 5.89. The van der Waals surface area contributed by atoms with Gasteiger partial charge < -0.3 is 5.11 Å². The molecular formula is C12H19N3OS. The number of hydrogen-bond acceptors (Lipinski definition) is 5. The minimum absolute atomic E-state index is 0.301. The highest BCUT2D eigenvalue weighted by Gasteiger charge is 2.24. The molecule has 17 heavy (non-hydrogen) atoms. The number of aliphatic hydroxyl groups excluding tert-OH is 1. The van der Waals surface area contributed by atoms with Crippen LogP contribution in [0.4, 0.5) is 0 Å². The Morgan fingerprint density at radius 2 is 2.35 bits per heavy atom. The third-order valence-electron chi connectivity index (χ3n) is 3.18. The predicted molar refractivity (Wildman–Crippen MR) is 70.1 cm³/mol. The van der Waals surface area contributed by atoms with E-state index in [1.807, 2.05) is 18.7 Å². The topological polar surface area (TPSA) is 49.2 Å². The Hall–Kier alpha value is -0.650. The molecule has 1 aromatic rings. The summed E-state index contributed by atoms with van der Waals surface area (Å²) in [7, 11) is 2.12. The van der Waals surface area contributed by atoms with Gasteiger partial charge in [0.2, 0.25) is 0 Å². The fraction of sp³-hybridized carbons (Fsp3) is 0.667. The van der Waals surface area contributed by atoms with Gasteiger partial charge in [-0.3, -0.25) is 4.90 Å². The first-order chi connectivity index (χ1) is 8.09. The van der Waals surface area contributed by atoms with E-state index in [9.17, 15) is 5.11 Å². The number of thioether (sulfide) groups is 1. The Balaban J connectivity index is 2.24. The molecule has 2 heterocycles. The SMILES string of the molecule is Cc1nc(C2CSCCN2C)ncc1[C@H](C)O. The molecule has 4 nitrogen and oxygen atoms in total. The maximum atomic E-state index is 9.56. The highest BCUT2D eigenvalue weighted by Crippen LogP contribution is 2.26. The predicted octanol–water partition coefficient (Wildman–Crippen LogP) is 1.56. The van der Waals surface area contributed by atoms with Crippen molar-refractivity contribution in [3.63, 3.8) is 0 Å². The van der Waals surface area contributed by atoms with Gasteiger partial charge in [-0.05, 0) is 20.9 Å². The number of aliphatic hydroxyl groups is 1. The Morgan fingerprint density at radius 1 is 1.59 bits per heavy atom. The monoisotopic (exact) mass is 253 g/mol. The molecule has 94 valence electrons. The zero-order valence-electron chi connectivity index (χ0n) is 10.6. The van der Waals surface area contributed by atoms with E-state index in [1.165, 1.54) is 5.75 Å². The zero-order chi connectivity index (χ0) is 12.4. The quantitative estimate of drug-likeness (QED) is 0.867. The molecule has 1 aromatic heterocycles. The second-order valence-corrected chi connectivity index (χ2v) is 5.67. The molecule has 1 unspecified atom stereocenters. The number of rotatable bonds is 2. The minimum atomic E-state index is -0.498. The van der Waals surface area contributed by atoms with Crippen LogP contribution in [-0.2, 0) is 0 Å². The van der Waals surface area contributed by atoms with Crippen LogP contribution in [0.1, 0.15) is 36.2 Å². The summed E-state index contributed by atoms with van der Waals surface area (Å²) in [6.07, 6.45) is 1.26. The number of aryl methyl sites for hydroxylation is 1. The molecule has 0 amide bonds. The van der Waals surface area contributed by atoms with Gasteiger partial charge in [-0.1, -0.05) is 0 Å². The number of hydrogen-bond donors (Lipinski definition) is 1. The second-order valence-electron chi connectivity index (χ2n) is 4.52. The summed E-state index contributed by atoms with van der Waals surface area (Å²) < 4.78 is 0. The molecule has 1 aliphatic rings. The lowest BCUT2D eigenvalue weighted by atomic mass is 10.1. The molecule has 5 heteroatoms. The molecule has 0 spiro atoms. The Morgan fingerprint density at radius 3 is 2.94 bits per heavy atom. The van der Waals surface area contributed by atoms with E-state index in [-0.39, 0.29) is 0 Å². The van der Waals surface area contributed by atoms with Gasteiger partial charge in [0.1, 0.15) is 5.82 Å². The van der Waals surface area contributed by atoms with Crippen LogP contribution in [0.5, 0.6) is 0 Å². The van der Waals surface area contributed by atoms with E-state index in [0.717, 1.165) is 29.4 Å². The largest absolute Gasteiger partial charge is 0.389 e. The van der Waals surface area contributed by atoms with Crippen LogP contribution in [0.15, 0.2) is 6.20 Å². The van der Waals surface area contributed by atoms with Crippen molar-refractivity contribution in [2.24, 2.45) is 0 Å². The second kappa shape index (κ2) is 5.33. The average molecular weight is 253 g/mol. The normalized spacial score (nSPS) is 23.6. The summed E-state index contributed by atoms with van der Waals surface area (Å²) in [6.45, 7) is 4.76. The van der Waals surface area contributed by atoms with Gasteiger partial charge in [-0.15, -0.1) is 0 Å². The third-order valence-corrected chi connectivity index (χ3v) is 4.20. The van der Waals surface area contributed by atoms with Crippen molar-refractivity contribution in [2.45, 2.75) is 26.0 Å². The maximum Gasteiger partial charge on any atom is 0.146 e. The molecule has 0 bridgehead atoms. The third kappa shape index (κ3) is 2.78. The van der Waals surface area contributed by atoms with Crippen LogP contribution < -0.4 is 0 Å². The molecule has 1 N–H and O–H groups in total.